The molecule has 0 bridgehead atoms. The molecule has 0 amide bonds. The number of nitriles is 1. The van der Waals surface area contributed by atoms with E-state index in [-0.39, 0.29) is 5.92 Å². The second kappa shape index (κ2) is 6.39. The molecule has 0 spiro atoms. The number of hydrogen-bond donors (Lipinski definition) is 0. The summed E-state index contributed by atoms with van der Waals surface area (Å²) in [5, 5.41) is 14.6. The summed E-state index contributed by atoms with van der Waals surface area (Å²) in [7, 11) is 0. The molecule has 0 aliphatic rings. The van der Waals surface area contributed by atoms with Gasteiger partial charge in [-0.3, -0.25) is 0 Å². The lowest BCUT2D eigenvalue weighted by Gasteiger charge is -2.05. The maximum Gasteiger partial charge on any atom is 0.213 e. The number of benzene rings is 1. The van der Waals surface area contributed by atoms with Crippen LogP contribution in [0, 0.1) is 11.3 Å². The third-order valence-electron chi connectivity index (χ3n) is 3.59. The van der Waals surface area contributed by atoms with Gasteiger partial charge in [0.2, 0.25) is 4.96 Å². The summed E-state index contributed by atoms with van der Waals surface area (Å²) in [5.74, 6) is 1.04. The molecule has 5 nitrogen and oxygen atoms in total. The summed E-state index contributed by atoms with van der Waals surface area (Å²) < 4.78 is 7.43. The molecule has 0 saturated heterocycles. The van der Waals surface area contributed by atoms with Crippen molar-refractivity contribution < 1.29 is 4.74 Å². The molecule has 1 aromatic carbocycles. The van der Waals surface area contributed by atoms with Crippen LogP contribution in [0.5, 0.6) is 5.75 Å². The molecular formula is C17H18N4OS. The predicted octanol–water partition coefficient (Wildman–Crippen LogP) is 3.93. The van der Waals surface area contributed by atoms with Gasteiger partial charge >= 0.3 is 0 Å². The molecule has 0 aliphatic carbocycles. The molecule has 0 unspecified atom stereocenters. The van der Waals surface area contributed by atoms with Gasteiger partial charge in [-0.15, -0.1) is 0 Å². The van der Waals surface area contributed by atoms with E-state index >= 15 is 0 Å². The minimum absolute atomic E-state index is 0.204. The number of hydrogen-bond acceptors (Lipinski definition) is 5. The summed E-state index contributed by atoms with van der Waals surface area (Å²) in [6.07, 6.45) is 0.978. The molecule has 6 heteroatoms. The molecule has 118 valence electrons. The van der Waals surface area contributed by atoms with Gasteiger partial charge < -0.3 is 4.74 Å². The summed E-state index contributed by atoms with van der Waals surface area (Å²) in [6, 6.07) is 10.3. The molecule has 0 atom stereocenters. The molecule has 3 aromatic rings. The summed E-state index contributed by atoms with van der Waals surface area (Å²) in [6.45, 7) is 6.55. The zero-order chi connectivity index (χ0) is 16.4. The highest BCUT2D eigenvalue weighted by atomic mass is 32.1. The average Bonchev–Trinajstić information content (AvgIpc) is 3.10. The Morgan fingerprint density at radius 3 is 2.91 bits per heavy atom. The molecule has 2 aromatic heterocycles. The smallest absolute Gasteiger partial charge is 0.213 e. The Bertz CT molecular complexity index is 872. The highest BCUT2D eigenvalue weighted by Crippen LogP contribution is 2.24. The van der Waals surface area contributed by atoms with Crippen LogP contribution in [0.15, 0.2) is 24.3 Å². The average molecular weight is 326 g/mol. The van der Waals surface area contributed by atoms with E-state index in [2.05, 4.69) is 29.1 Å². The molecule has 0 saturated carbocycles. The monoisotopic (exact) mass is 326 g/mol. The van der Waals surface area contributed by atoms with Gasteiger partial charge in [-0.05, 0) is 30.0 Å². The second-order valence-corrected chi connectivity index (χ2v) is 6.63. The van der Waals surface area contributed by atoms with Gasteiger partial charge in [0.15, 0.2) is 10.7 Å². The van der Waals surface area contributed by atoms with E-state index in [1.165, 1.54) is 16.9 Å². The van der Waals surface area contributed by atoms with Gasteiger partial charge in [0, 0.05) is 0 Å². The number of aromatic nitrogens is 3. The molecule has 0 fully saturated rings. The van der Waals surface area contributed by atoms with Crippen LogP contribution in [0.25, 0.3) is 4.96 Å². The topological polar surface area (TPSA) is 63.2 Å². The van der Waals surface area contributed by atoms with E-state index in [1.54, 1.807) is 4.52 Å². The fraction of sp³-hybridized carbons (Fsp3) is 0.353. The largest absolute Gasteiger partial charge is 0.486 e. The van der Waals surface area contributed by atoms with Crippen molar-refractivity contribution in [3.05, 3.63) is 46.2 Å². The van der Waals surface area contributed by atoms with Crippen molar-refractivity contribution in [1.29, 1.82) is 5.26 Å². The van der Waals surface area contributed by atoms with E-state index < -0.39 is 0 Å². The van der Waals surface area contributed by atoms with Crippen molar-refractivity contribution in [3.8, 4) is 11.8 Å². The summed E-state index contributed by atoms with van der Waals surface area (Å²) in [4.78, 5) is 5.27. The van der Waals surface area contributed by atoms with Crippen LogP contribution in [0.1, 0.15) is 48.6 Å². The normalized spacial score (nSPS) is 11.1. The van der Waals surface area contributed by atoms with Crippen LogP contribution in [0.4, 0.5) is 0 Å². The fourth-order valence-electron chi connectivity index (χ4n) is 2.37. The highest BCUT2D eigenvalue weighted by Gasteiger charge is 2.18. The quantitative estimate of drug-likeness (QED) is 0.712. The lowest BCUT2D eigenvalue weighted by molar-refractivity contribution is 0.304. The van der Waals surface area contributed by atoms with Crippen LogP contribution < -0.4 is 4.74 Å². The second-order valence-electron chi connectivity index (χ2n) is 5.59. The summed E-state index contributed by atoms with van der Waals surface area (Å²) in [5.41, 5.74) is 2.56. The lowest BCUT2D eigenvalue weighted by atomic mass is 10.1. The zero-order valence-corrected chi connectivity index (χ0v) is 14.2. The maximum absolute atomic E-state index is 9.35. The Kier molecular flexibility index (Phi) is 4.30. The van der Waals surface area contributed by atoms with Crippen LogP contribution in [-0.4, -0.2) is 14.6 Å². The van der Waals surface area contributed by atoms with Crippen LogP contribution in [-0.2, 0) is 13.0 Å². The fourth-order valence-corrected chi connectivity index (χ4v) is 3.18. The Hall–Kier alpha value is -2.39. The first-order valence-electron chi connectivity index (χ1n) is 7.62. The molecular weight excluding hydrogens is 308 g/mol. The third-order valence-corrected chi connectivity index (χ3v) is 4.48. The molecule has 0 radical (unpaired) electrons. The minimum Gasteiger partial charge on any atom is -0.486 e. The van der Waals surface area contributed by atoms with Gasteiger partial charge in [0.1, 0.15) is 18.4 Å². The van der Waals surface area contributed by atoms with Crippen LogP contribution >= 0.6 is 11.3 Å². The number of imidazole rings is 1. The Labute approximate surface area is 139 Å². The van der Waals surface area contributed by atoms with E-state index in [0.717, 1.165) is 27.8 Å². The van der Waals surface area contributed by atoms with Gasteiger partial charge in [-0.1, -0.05) is 44.2 Å². The van der Waals surface area contributed by atoms with Gasteiger partial charge in [-0.2, -0.15) is 14.9 Å². The van der Waals surface area contributed by atoms with E-state index in [9.17, 15) is 5.26 Å². The molecule has 0 aliphatic heterocycles. The highest BCUT2D eigenvalue weighted by molar-refractivity contribution is 7.16. The number of rotatable bonds is 5. The number of ether oxygens (including phenoxy) is 1. The van der Waals surface area contributed by atoms with Gasteiger partial charge in [-0.25, -0.2) is 4.98 Å². The predicted molar refractivity (Wildman–Crippen MR) is 89.8 cm³/mol. The van der Waals surface area contributed by atoms with Crippen molar-refractivity contribution in [2.24, 2.45) is 0 Å². The standard InChI is InChI=1S/C17H18N4OS/c1-4-12-6-5-7-13(8-12)22-10-15-20-21-14(9-18)16(11(2)3)19-17(21)23-15/h5-8,11H,4,10H2,1-3H3. The lowest BCUT2D eigenvalue weighted by Crippen LogP contribution is -1.99. The van der Waals surface area contributed by atoms with E-state index in [0.29, 0.717) is 12.3 Å². The maximum atomic E-state index is 9.35. The Balaban J connectivity index is 1.81. The van der Waals surface area contributed by atoms with Gasteiger partial charge in [0.05, 0.1) is 5.69 Å². The first kappa shape index (κ1) is 15.5. The zero-order valence-electron chi connectivity index (χ0n) is 13.4. The molecule has 3 rings (SSSR count). The van der Waals surface area contributed by atoms with Crippen molar-refractivity contribution in [1.82, 2.24) is 14.6 Å². The number of fused-ring (bicyclic) bond motifs is 1. The van der Waals surface area contributed by atoms with E-state index in [1.807, 2.05) is 32.0 Å². The molecule has 0 N–H and O–H groups in total. The Morgan fingerprint density at radius 2 is 2.22 bits per heavy atom. The van der Waals surface area contributed by atoms with Crippen molar-refractivity contribution in [3.63, 3.8) is 0 Å². The third kappa shape index (κ3) is 3.06. The number of nitrogens with zero attached hydrogens (tertiary/aromatic N) is 4. The first-order valence-corrected chi connectivity index (χ1v) is 8.44. The van der Waals surface area contributed by atoms with Crippen molar-refractivity contribution in [2.45, 2.75) is 39.7 Å². The first-order chi connectivity index (χ1) is 11.1. The Morgan fingerprint density at radius 1 is 1.39 bits per heavy atom. The minimum atomic E-state index is 0.204. The summed E-state index contributed by atoms with van der Waals surface area (Å²) >= 11 is 1.46. The van der Waals surface area contributed by atoms with Crippen LogP contribution in [0.3, 0.4) is 0 Å². The van der Waals surface area contributed by atoms with Crippen molar-refractivity contribution >= 4 is 16.3 Å². The van der Waals surface area contributed by atoms with Crippen molar-refractivity contribution in [2.75, 3.05) is 0 Å². The molecule has 2 heterocycles. The van der Waals surface area contributed by atoms with Gasteiger partial charge in [0.25, 0.3) is 0 Å². The molecule has 23 heavy (non-hydrogen) atoms. The van der Waals surface area contributed by atoms with Crippen LogP contribution in [0.2, 0.25) is 0 Å². The van der Waals surface area contributed by atoms with E-state index in [4.69, 9.17) is 4.74 Å². The SMILES string of the molecule is CCc1cccc(OCc2nn3c(C#N)c(C(C)C)nc3s2)c1. The number of aryl methyl sites for hydroxylation is 1.